The lowest BCUT2D eigenvalue weighted by Gasteiger charge is -2.04. The molecular formula is C48H42AlBr2Cl4NO10S4. The minimum absolute atomic E-state index is 0.0476. The molecule has 0 aliphatic carbocycles. The van der Waals surface area contributed by atoms with Crippen LogP contribution in [-0.4, -0.2) is 78.0 Å². The summed E-state index contributed by atoms with van der Waals surface area (Å²) in [5.41, 5.74) is 0.929. The highest BCUT2D eigenvalue weighted by Crippen LogP contribution is 2.35. The smallest absolute Gasteiger partial charge is 0.274 e. The Morgan fingerprint density at radius 3 is 1.29 bits per heavy atom. The lowest BCUT2D eigenvalue weighted by atomic mass is 10.1. The summed E-state index contributed by atoms with van der Waals surface area (Å²) in [6.07, 6.45) is 2.86. The van der Waals surface area contributed by atoms with Crippen molar-refractivity contribution in [3.8, 4) is 0 Å². The average Bonchev–Trinajstić information content (AvgIpc) is 3.77. The molecule has 2 heterocycles. The van der Waals surface area contributed by atoms with Gasteiger partial charge in [0.2, 0.25) is 20.9 Å². The third-order valence-electron chi connectivity index (χ3n) is 9.66. The molecule has 0 aromatic heterocycles. The van der Waals surface area contributed by atoms with E-state index in [1.54, 1.807) is 36.4 Å². The van der Waals surface area contributed by atoms with Crippen LogP contribution in [0.25, 0.3) is 43.1 Å². The molecule has 11 nitrogen and oxygen atoms in total. The molecule has 2 aliphatic heterocycles. The standard InChI is InChI=1S/C11H9BrO2S.C11H8O2S.C11H10O2S.C10H8.C4H4BrNO2.CH3ClO2S.Al.3ClH/c12-8-15(13,14)11-7-3-5-9-4-1-2-6-10(9)11;12-14(13)7-9-5-1-3-8-4-2-6-10(14)11(8)9;1-14(12,13)11-8-4-6-9-5-2-3-7-10(9)11;1-2-6-10-8-4-3-7-9(10)5-1;5-6-3(7)1-2-4(6)8;1-5(2,3)4;;;;/h1-7H,8H2;1-6H,7H2;2-8H,1H3;1-8H;1-2H2;1H3;;3*1H/q;;;;;;+3;;;/p-3. The summed E-state index contributed by atoms with van der Waals surface area (Å²) >= 11 is 4.09. The van der Waals surface area contributed by atoms with Gasteiger partial charge in [-0.1, -0.05) is 168 Å². The Labute approximate surface area is 446 Å². The Bertz CT molecular complexity index is 3480. The number of amides is 2. The number of sulfone groups is 3. The van der Waals surface area contributed by atoms with Crippen molar-refractivity contribution < 1.29 is 43.3 Å². The number of hydrogen-bond donors (Lipinski definition) is 0. The van der Waals surface area contributed by atoms with E-state index in [0.717, 1.165) is 48.1 Å². The Hall–Kier alpha value is -3.61. The number of rotatable bonds is 3. The molecule has 22 heteroatoms. The highest BCUT2D eigenvalue weighted by molar-refractivity contribution is 9.10. The fraction of sp³-hybridized carbons (Fsp3) is 0.125. The zero-order valence-electron chi connectivity index (χ0n) is 37.0. The van der Waals surface area contributed by atoms with E-state index in [1.165, 1.54) is 17.0 Å². The first kappa shape index (κ1) is 59.0. The molecule has 368 valence electrons. The van der Waals surface area contributed by atoms with Crippen molar-refractivity contribution in [2.24, 2.45) is 0 Å². The van der Waals surface area contributed by atoms with Crippen molar-refractivity contribution in [2.75, 3.05) is 17.2 Å². The van der Waals surface area contributed by atoms with E-state index in [0.29, 0.717) is 27.5 Å². The Balaban J connectivity index is 0.000000185. The van der Waals surface area contributed by atoms with Crippen molar-refractivity contribution in [3.05, 3.63) is 175 Å². The molecule has 2 amide bonds. The van der Waals surface area contributed by atoms with Gasteiger partial charge < -0.3 is 0 Å². The number of fused-ring (bicyclic) bond motifs is 3. The van der Waals surface area contributed by atoms with Gasteiger partial charge in [-0.25, -0.2) is 67.7 Å². The van der Waals surface area contributed by atoms with Crippen LogP contribution >= 0.6 is 72.9 Å². The summed E-state index contributed by atoms with van der Waals surface area (Å²) in [6.45, 7) is 0. The van der Waals surface area contributed by atoms with E-state index in [2.05, 4.69) is 91.3 Å². The number of halogens is 6. The van der Waals surface area contributed by atoms with E-state index in [9.17, 15) is 43.3 Å². The number of alkyl halides is 1. The van der Waals surface area contributed by atoms with Crippen LogP contribution in [0.2, 0.25) is 0 Å². The summed E-state index contributed by atoms with van der Waals surface area (Å²) in [5, 5.41) is 8.01. The highest BCUT2D eigenvalue weighted by Gasteiger charge is 2.27. The summed E-state index contributed by atoms with van der Waals surface area (Å²) in [7, 11) is 6.75. The maximum atomic E-state index is 11.8. The molecule has 0 spiro atoms. The fourth-order valence-electron chi connectivity index (χ4n) is 6.77. The van der Waals surface area contributed by atoms with Crippen molar-refractivity contribution in [3.63, 3.8) is 0 Å². The van der Waals surface area contributed by atoms with Crippen molar-refractivity contribution >= 4 is 178 Å². The largest absolute Gasteiger partial charge is 0.643 e. The summed E-state index contributed by atoms with van der Waals surface area (Å²) in [6, 6.07) is 53.4. The van der Waals surface area contributed by atoms with E-state index in [-0.39, 0.29) is 22.2 Å². The van der Waals surface area contributed by atoms with Crippen molar-refractivity contribution in [1.29, 1.82) is 0 Å². The van der Waals surface area contributed by atoms with E-state index >= 15 is 0 Å². The monoisotopic (exact) mass is 1240 g/mol. The fourth-order valence-corrected chi connectivity index (χ4v) is 11.4. The minimum Gasteiger partial charge on any atom is -0.274 e. The van der Waals surface area contributed by atoms with Crippen LogP contribution in [0.4, 0.5) is 0 Å². The minimum atomic E-state index is -3.21. The van der Waals surface area contributed by atoms with Crippen LogP contribution in [0.3, 0.4) is 0 Å². The second kappa shape index (κ2) is 26.9. The molecule has 0 N–H and O–H groups in total. The first-order valence-electron chi connectivity index (χ1n) is 20.3. The topological polar surface area (TPSA) is 174 Å². The van der Waals surface area contributed by atoms with Crippen LogP contribution in [-0.2, 0) is 53.9 Å². The van der Waals surface area contributed by atoms with E-state index < -0.39 is 49.9 Å². The maximum Gasteiger partial charge on any atom is 0.643 e. The summed E-state index contributed by atoms with van der Waals surface area (Å²) < 4.78 is 89.6. The molecule has 1 fully saturated rings. The molecule has 0 radical (unpaired) electrons. The van der Waals surface area contributed by atoms with Gasteiger partial charge in [-0.15, -0.1) is 0 Å². The normalized spacial score (nSPS) is 13.3. The average molecular weight is 1250 g/mol. The quantitative estimate of drug-likeness (QED) is 0.0544. The molecule has 0 saturated carbocycles. The van der Waals surface area contributed by atoms with Gasteiger partial charge >= 0.3 is 11.4 Å². The van der Waals surface area contributed by atoms with Gasteiger partial charge in [0.1, 0.15) is 4.66 Å². The number of nitrogens with zero attached hydrogens (tertiary/aromatic N) is 1. The number of benzene rings is 8. The molecule has 8 aromatic rings. The van der Waals surface area contributed by atoms with Gasteiger partial charge in [0.05, 0.1) is 42.8 Å². The SMILES string of the molecule is CS(=O)(=O)Cl.CS(=O)(=O)c1cccc2ccccc12.O=C1CCC(=O)N1Br.O=S(=O)(CBr)c1cccc2ccccc12.O=S1(=O)Cc2cccc3cccc1c23.[Cl][Al]([Cl])[Cl].c1ccc2ccccc2c1. The molecule has 0 atom stereocenters. The molecular weight excluding hydrogens is 1210 g/mol. The summed E-state index contributed by atoms with van der Waals surface area (Å²) in [4.78, 5) is 22.2. The predicted octanol–water partition coefficient (Wildman–Crippen LogP) is 12.5. The number of carbonyl (C=O) groups excluding carboxylic acids is 2. The molecule has 0 bridgehead atoms. The zero-order valence-corrected chi connectivity index (χ0v) is 47.6. The summed E-state index contributed by atoms with van der Waals surface area (Å²) in [5.74, 6) is -0.131. The molecule has 0 unspecified atom stereocenters. The Morgan fingerprint density at radius 2 is 0.886 bits per heavy atom. The Kier molecular flexibility index (Phi) is 22.7. The second-order valence-electron chi connectivity index (χ2n) is 14.8. The molecule has 2 aliphatic rings. The van der Waals surface area contributed by atoms with Crippen LogP contribution in [0.15, 0.2) is 185 Å². The molecule has 70 heavy (non-hydrogen) atoms. The van der Waals surface area contributed by atoms with E-state index in [1.807, 2.05) is 84.9 Å². The van der Waals surface area contributed by atoms with Crippen LogP contribution < -0.4 is 0 Å². The molecule has 1 saturated heterocycles. The van der Waals surface area contributed by atoms with Gasteiger partial charge in [-0.3, -0.25) is 9.59 Å². The van der Waals surface area contributed by atoms with Crippen molar-refractivity contribution in [2.45, 2.75) is 33.3 Å². The van der Waals surface area contributed by atoms with Crippen LogP contribution in [0.1, 0.15) is 18.4 Å². The first-order valence-corrected chi connectivity index (χ1v) is 35.3. The lowest BCUT2D eigenvalue weighted by molar-refractivity contribution is -0.131. The van der Waals surface area contributed by atoms with Gasteiger partial charge in [0.15, 0.2) is 29.5 Å². The van der Waals surface area contributed by atoms with Gasteiger partial charge in [0, 0.05) is 45.9 Å². The molecule has 10 rings (SSSR count). The third-order valence-corrected chi connectivity index (χ3v) is 16.4. The molecule has 8 aromatic carbocycles. The van der Waals surface area contributed by atoms with E-state index in [4.69, 9.17) is 30.1 Å². The van der Waals surface area contributed by atoms with Crippen LogP contribution in [0.5, 0.6) is 0 Å². The number of carbonyl (C=O) groups is 2. The first-order chi connectivity index (χ1) is 32.8. The number of hydrogen-bond acceptors (Lipinski definition) is 10. The number of imide groups is 1. The maximum absolute atomic E-state index is 11.8. The van der Waals surface area contributed by atoms with Gasteiger partial charge in [0.25, 0.3) is 0 Å². The highest BCUT2D eigenvalue weighted by atomic mass is 79.9. The Morgan fingerprint density at radius 1 is 0.543 bits per heavy atom. The van der Waals surface area contributed by atoms with Gasteiger partial charge in [-0.2, -0.15) is 0 Å². The second-order valence-corrected chi connectivity index (χ2v) is 32.2. The predicted molar refractivity (Wildman–Crippen MR) is 295 cm³/mol. The lowest BCUT2D eigenvalue weighted by Crippen LogP contribution is -2.16. The van der Waals surface area contributed by atoms with Gasteiger partial charge in [-0.05, 0) is 50.7 Å². The third kappa shape index (κ3) is 18.2. The van der Waals surface area contributed by atoms with Crippen molar-refractivity contribution in [1.82, 2.24) is 3.93 Å². The van der Waals surface area contributed by atoms with Crippen LogP contribution in [0, 0.1) is 0 Å². The zero-order chi connectivity index (χ0) is 51.9.